The van der Waals surface area contributed by atoms with E-state index in [0.29, 0.717) is 12.1 Å². The number of carbonyl (C=O) groups is 1. The van der Waals surface area contributed by atoms with E-state index in [4.69, 9.17) is 4.98 Å². The minimum absolute atomic E-state index is 0.232. The zero-order chi connectivity index (χ0) is 16.1. The van der Waals surface area contributed by atoms with Crippen molar-refractivity contribution in [2.75, 3.05) is 37.6 Å². The number of nitrogens with zero attached hydrogens (tertiary/aromatic N) is 4. The van der Waals surface area contributed by atoms with Gasteiger partial charge in [-0.2, -0.15) is 0 Å². The second-order valence-corrected chi connectivity index (χ2v) is 8.53. The minimum Gasteiger partial charge on any atom is -0.340 e. The highest BCUT2D eigenvalue weighted by Crippen LogP contribution is 2.38. The van der Waals surface area contributed by atoms with E-state index in [-0.39, 0.29) is 6.03 Å². The number of anilines is 1. The van der Waals surface area contributed by atoms with Crippen molar-refractivity contribution in [2.45, 2.75) is 50.7 Å². The molecule has 0 aromatic carbocycles. The maximum Gasteiger partial charge on any atom is 0.320 e. The van der Waals surface area contributed by atoms with Crippen molar-refractivity contribution in [3.8, 4) is 0 Å². The smallest absolute Gasteiger partial charge is 0.320 e. The number of likely N-dealkylation sites (tertiary alicyclic amines) is 1. The molecule has 24 heavy (non-hydrogen) atoms. The van der Waals surface area contributed by atoms with E-state index in [1.165, 1.54) is 28.5 Å². The monoisotopic (exact) mass is 347 g/mol. The summed E-state index contributed by atoms with van der Waals surface area (Å²) < 4.78 is 0. The van der Waals surface area contributed by atoms with Crippen molar-refractivity contribution in [3.05, 3.63) is 10.6 Å². The van der Waals surface area contributed by atoms with Gasteiger partial charge in [-0.25, -0.2) is 9.78 Å². The summed E-state index contributed by atoms with van der Waals surface area (Å²) in [4.78, 5) is 25.5. The molecule has 130 valence electrons. The van der Waals surface area contributed by atoms with Crippen molar-refractivity contribution in [1.82, 2.24) is 20.1 Å². The molecule has 0 saturated carbocycles. The van der Waals surface area contributed by atoms with Crippen LogP contribution >= 0.6 is 11.3 Å². The van der Waals surface area contributed by atoms with Crippen LogP contribution in [0.15, 0.2) is 0 Å². The molecule has 7 heteroatoms. The summed E-state index contributed by atoms with van der Waals surface area (Å²) in [7, 11) is 0. The zero-order valence-corrected chi connectivity index (χ0v) is 14.9. The highest BCUT2D eigenvalue weighted by molar-refractivity contribution is 7.15. The largest absolute Gasteiger partial charge is 0.340 e. The number of thiazole rings is 1. The molecule has 2 atom stereocenters. The Hall–Kier alpha value is -1.34. The van der Waals surface area contributed by atoms with Gasteiger partial charge < -0.3 is 20.0 Å². The number of hydrogen-bond donors (Lipinski definition) is 1. The topological polar surface area (TPSA) is 51.7 Å². The second-order valence-electron chi connectivity index (χ2n) is 7.47. The van der Waals surface area contributed by atoms with E-state index >= 15 is 0 Å². The van der Waals surface area contributed by atoms with E-state index in [2.05, 4.69) is 10.2 Å². The molecule has 2 amide bonds. The third-order valence-electron chi connectivity index (χ3n) is 5.97. The predicted molar refractivity (Wildman–Crippen MR) is 94.6 cm³/mol. The maximum atomic E-state index is 12.7. The molecule has 2 bridgehead atoms. The number of urea groups is 1. The lowest BCUT2D eigenvalue weighted by Gasteiger charge is -2.35. The summed E-state index contributed by atoms with van der Waals surface area (Å²) >= 11 is 1.83. The second kappa shape index (κ2) is 5.88. The van der Waals surface area contributed by atoms with Crippen LogP contribution in [0.25, 0.3) is 0 Å². The van der Waals surface area contributed by atoms with Crippen LogP contribution in [-0.4, -0.2) is 65.6 Å². The van der Waals surface area contributed by atoms with Crippen LogP contribution in [0, 0.1) is 0 Å². The third kappa shape index (κ3) is 2.40. The molecule has 0 aliphatic carbocycles. The zero-order valence-electron chi connectivity index (χ0n) is 14.0. The average Bonchev–Trinajstić information content (AvgIpc) is 3.31. The molecule has 3 saturated heterocycles. The van der Waals surface area contributed by atoms with Gasteiger partial charge in [0.25, 0.3) is 0 Å². The van der Waals surface area contributed by atoms with Gasteiger partial charge >= 0.3 is 6.03 Å². The van der Waals surface area contributed by atoms with Crippen LogP contribution in [0.5, 0.6) is 0 Å². The number of hydrogen-bond acceptors (Lipinski definition) is 5. The molecule has 1 aromatic heterocycles. The first-order valence-corrected chi connectivity index (χ1v) is 10.1. The fourth-order valence-corrected chi connectivity index (χ4v) is 5.92. The first-order chi connectivity index (χ1) is 11.8. The number of piperazine rings is 1. The van der Waals surface area contributed by atoms with Gasteiger partial charge in [0, 0.05) is 56.1 Å². The Labute approximate surface area is 146 Å². The minimum atomic E-state index is 0.232. The molecule has 4 aliphatic heterocycles. The van der Waals surface area contributed by atoms with Crippen LogP contribution in [0.4, 0.5) is 9.93 Å². The Kier molecular flexibility index (Phi) is 3.66. The quantitative estimate of drug-likeness (QED) is 0.839. The average molecular weight is 347 g/mol. The lowest BCUT2D eigenvalue weighted by atomic mass is 10.2. The van der Waals surface area contributed by atoms with E-state index in [9.17, 15) is 4.79 Å². The molecule has 5 heterocycles. The Morgan fingerprint density at radius 1 is 1.08 bits per heavy atom. The first kappa shape index (κ1) is 15.0. The number of aromatic nitrogens is 1. The summed E-state index contributed by atoms with van der Waals surface area (Å²) in [6, 6.07) is 1.45. The third-order valence-corrected chi connectivity index (χ3v) is 7.06. The molecule has 0 radical (unpaired) electrons. The van der Waals surface area contributed by atoms with E-state index < -0.39 is 0 Å². The fourth-order valence-electron chi connectivity index (χ4n) is 4.65. The van der Waals surface area contributed by atoms with Crippen LogP contribution in [0.3, 0.4) is 0 Å². The molecule has 2 unspecified atom stereocenters. The molecule has 4 aliphatic rings. The number of fused-ring (bicyclic) bond motifs is 3. The highest BCUT2D eigenvalue weighted by atomic mass is 32.1. The number of nitrogens with one attached hydrogen (secondary N) is 1. The lowest BCUT2D eigenvalue weighted by Crippen LogP contribution is -2.51. The normalized spacial score (nSPS) is 29.2. The fraction of sp³-hybridized carbons (Fsp3) is 0.765. The van der Waals surface area contributed by atoms with Gasteiger partial charge in [-0.15, -0.1) is 0 Å². The summed E-state index contributed by atoms with van der Waals surface area (Å²) in [5, 5.41) is 4.74. The van der Waals surface area contributed by atoms with Gasteiger partial charge in [-0.05, 0) is 25.7 Å². The number of amides is 2. The maximum absolute atomic E-state index is 12.7. The van der Waals surface area contributed by atoms with Gasteiger partial charge in [0.2, 0.25) is 0 Å². The number of carbonyl (C=O) groups excluding carboxylic acids is 1. The Balaban J connectivity index is 1.34. The standard InChI is InChI=1S/C17H25N5OS/c23-17(20-6-1-2-7-20)21-8-5-14-15(11-21)24-16(19-14)22-12-3-4-13(22)10-18-9-12/h12-13,18H,1-11H2. The lowest BCUT2D eigenvalue weighted by molar-refractivity contribution is 0.157. The molecule has 6 nitrogen and oxygen atoms in total. The van der Waals surface area contributed by atoms with Crippen molar-refractivity contribution < 1.29 is 4.79 Å². The Morgan fingerprint density at radius 2 is 1.83 bits per heavy atom. The SMILES string of the molecule is O=C(N1CCCC1)N1CCc2nc(N3C4CCC3CNC4)sc2C1. The van der Waals surface area contributed by atoms with Gasteiger partial charge in [0.15, 0.2) is 5.13 Å². The van der Waals surface area contributed by atoms with E-state index in [1.54, 1.807) is 0 Å². The Morgan fingerprint density at radius 3 is 2.58 bits per heavy atom. The van der Waals surface area contributed by atoms with Crippen LogP contribution in [-0.2, 0) is 13.0 Å². The van der Waals surface area contributed by atoms with Crippen LogP contribution in [0.1, 0.15) is 36.3 Å². The van der Waals surface area contributed by atoms with E-state index in [1.807, 2.05) is 21.1 Å². The molecule has 0 spiro atoms. The molecular formula is C17H25N5OS. The van der Waals surface area contributed by atoms with Gasteiger partial charge in [-0.1, -0.05) is 11.3 Å². The summed E-state index contributed by atoms with van der Waals surface area (Å²) in [5.74, 6) is 0. The summed E-state index contributed by atoms with van der Waals surface area (Å²) in [6.07, 6.45) is 5.78. The Bertz CT molecular complexity index is 625. The predicted octanol–water partition coefficient (Wildman–Crippen LogP) is 1.66. The van der Waals surface area contributed by atoms with Gasteiger partial charge in [0.05, 0.1) is 12.2 Å². The van der Waals surface area contributed by atoms with Crippen LogP contribution in [0.2, 0.25) is 0 Å². The van der Waals surface area contributed by atoms with Crippen molar-refractivity contribution in [1.29, 1.82) is 0 Å². The van der Waals surface area contributed by atoms with Crippen molar-refractivity contribution >= 4 is 22.5 Å². The first-order valence-electron chi connectivity index (χ1n) is 9.31. The summed E-state index contributed by atoms with van der Waals surface area (Å²) in [5.41, 5.74) is 1.23. The molecule has 1 N–H and O–H groups in total. The van der Waals surface area contributed by atoms with Gasteiger partial charge in [0.1, 0.15) is 0 Å². The molecule has 1 aromatic rings. The van der Waals surface area contributed by atoms with E-state index in [0.717, 1.165) is 58.5 Å². The van der Waals surface area contributed by atoms with Gasteiger partial charge in [-0.3, -0.25) is 0 Å². The van der Waals surface area contributed by atoms with Crippen molar-refractivity contribution in [3.63, 3.8) is 0 Å². The van der Waals surface area contributed by atoms with Crippen LogP contribution < -0.4 is 10.2 Å². The molecular weight excluding hydrogens is 322 g/mol. The highest BCUT2D eigenvalue weighted by Gasteiger charge is 2.39. The molecule has 5 rings (SSSR count). The number of rotatable bonds is 1. The molecule has 3 fully saturated rings. The van der Waals surface area contributed by atoms with Crippen molar-refractivity contribution in [2.24, 2.45) is 0 Å². The summed E-state index contributed by atoms with van der Waals surface area (Å²) in [6.45, 7) is 5.60.